The first kappa shape index (κ1) is 42.3. The minimum Gasteiger partial charge on any atom is -0.657 e. The maximum Gasteiger partial charge on any atom is 2.00 e. The molecule has 5 heterocycles. The van der Waals surface area contributed by atoms with Gasteiger partial charge in [-0.25, -0.2) is 4.98 Å². The molecule has 59 heavy (non-hydrogen) atoms. The largest absolute Gasteiger partial charge is 2.00 e. The number of benzene rings is 4. The Balaban J connectivity index is 0.00000484. The maximum atomic E-state index is 7.04. The molecule has 2 aliphatic heterocycles. The van der Waals surface area contributed by atoms with Crippen LogP contribution in [0.15, 0.2) is 97.1 Å². The number of hydrogen-bond donors (Lipinski definition) is 0. The molecule has 4 nitrogen and oxygen atoms in total. The van der Waals surface area contributed by atoms with Crippen molar-refractivity contribution < 1.29 is 17.1 Å². The van der Waals surface area contributed by atoms with Gasteiger partial charge in [-0.15, -0.1) is 22.1 Å². The van der Waals surface area contributed by atoms with Crippen molar-refractivity contribution in [3.05, 3.63) is 160 Å². The predicted molar refractivity (Wildman–Crippen MR) is 247 cm³/mol. The molecule has 2 unspecified atom stereocenters. The zero-order valence-electron chi connectivity index (χ0n) is 30.7. The van der Waals surface area contributed by atoms with E-state index in [1.54, 1.807) is 60.7 Å². The molecule has 13 heteroatoms. The number of aromatic nitrogens is 4. The average Bonchev–Trinajstić information content (AvgIpc) is 4.01. The Kier molecular flexibility index (Phi) is 12.0. The van der Waals surface area contributed by atoms with Crippen molar-refractivity contribution in [2.24, 2.45) is 0 Å². The summed E-state index contributed by atoms with van der Waals surface area (Å²) in [7, 11) is 0. The van der Waals surface area contributed by atoms with Crippen LogP contribution in [-0.2, 0) is 17.1 Å². The number of rotatable bonds is 4. The second kappa shape index (κ2) is 16.8. The third-order valence-corrected chi connectivity index (χ3v) is 13.2. The molecule has 0 spiro atoms. The van der Waals surface area contributed by atoms with E-state index in [9.17, 15) is 0 Å². The molecule has 297 valence electrons. The zero-order chi connectivity index (χ0) is 40.6. The van der Waals surface area contributed by atoms with Crippen molar-refractivity contribution in [2.75, 3.05) is 0 Å². The smallest absolute Gasteiger partial charge is 0.657 e. The first-order chi connectivity index (χ1) is 27.9. The molecule has 0 N–H and O–H groups in total. The van der Waals surface area contributed by atoms with Gasteiger partial charge in [0.2, 0.25) is 0 Å². The molecule has 0 aliphatic carbocycles. The van der Waals surface area contributed by atoms with E-state index in [1.807, 2.05) is 48.6 Å². The van der Waals surface area contributed by atoms with Gasteiger partial charge in [-0.2, -0.15) is 0 Å². The van der Waals surface area contributed by atoms with Gasteiger partial charge in [0.1, 0.15) is 0 Å². The summed E-state index contributed by atoms with van der Waals surface area (Å²) in [5, 5.41) is 3.48. The van der Waals surface area contributed by atoms with Gasteiger partial charge in [0.15, 0.2) is 0 Å². The summed E-state index contributed by atoms with van der Waals surface area (Å²) >= 11 is 56.0. The SMILES string of the molecule is CC1c2nc(c(-c3c(Cl)cccc3Cl)c3ccc([n-]3)c(-c3c(Cl)cccc3Cl)c3nc(c(-c4c(Cl)cccc4Cl)c4ccc([n-]4)c2-c2c(Cl)cccc2Cl)C=C3)C1C.[Cu+2]. The second-order valence-electron chi connectivity index (χ2n) is 14.0. The van der Waals surface area contributed by atoms with Gasteiger partial charge in [0.25, 0.3) is 0 Å². The van der Waals surface area contributed by atoms with Crippen LogP contribution in [0.5, 0.6) is 0 Å². The molecule has 2 atom stereocenters. The van der Waals surface area contributed by atoms with Gasteiger partial charge < -0.3 is 9.97 Å². The van der Waals surface area contributed by atoms with Crippen LogP contribution in [0.4, 0.5) is 0 Å². The number of nitrogens with zero attached hydrogens (tertiary/aromatic N) is 4. The second-order valence-corrected chi connectivity index (χ2v) is 17.3. The maximum absolute atomic E-state index is 7.04. The first-order valence-electron chi connectivity index (χ1n) is 18.1. The summed E-state index contributed by atoms with van der Waals surface area (Å²) in [4.78, 5) is 21.3. The van der Waals surface area contributed by atoms with E-state index in [2.05, 4.69) is 13.8 Å². The van der Waals surface area contributed by atoms with Gasteiger partial charge in [-0.3, -0.25) is 4.98 Å². The van der Waals surface area contributed by atoms with Crippen molar-refractivity contribution in [1.29, 1.82) is 0 Å². The fourth-order valence-electron chi connectivity index (χ4n) is 7.79. The van der Waals surface area contributed by atoms with Crippen molar-refractivity contribution in [2.45, 2.75) is 25.7 Å². The quantitative estimate of drug-likeness (QED) is 0.165. The van der Waals surface area contributed by atoms with Crippen molar-refractivity contribution in [1.82, 2.24) is 19.9 Å². The van der Waals surface area contributed by atoms with Gasteiger partial charge in [-0.05, 0) is 82.9 Å². The van der Waals surface area contributed by atoms with E-state index in [0.717, 1.165) is 11.4 Å². The summed E-state index contributed by atoms with van der Waals surface area (Å²) < 4.78 is 0. The van der Waals surface area contributed by atoms with Crippen molar-refractivity contribution >= 4 is 127 Å². The molecule has 2 aliphatic rings. The molecule has 8 bridgehead atoms. The Hall–Kier alpha value is -3.42. The Bertz CT molecular complexity index is 2780. The topological polar surface area (TPSA) is 54.0 Å². The van der Waals surface area contributed by atoms with E-state index in [1.165, 1.54) is 0 Å². The Morgan fingerprint density at radius 3 is 0.898 bits per heavy atom. The van der Waals surface area contributed by atoms with E-state index >= 15 is 0 Å². The Morgan fingerprint density at radius 2 is 0.610 bits per heavy atom. The van der Waals surface area contributed by atoms with Crippen LogP contribution in [0.2, 0.25) is 40.2 Å². The first-order valence-corrected chi connectivity index (χ1v) is 21.1. The monoisotopic (exact) mass is 977 g/mol. The molecule has 1 radical (unpaired) electrons. The number of hydrogen-bond acceptors (Lipinski definition) is 2. The van der Waals surface area contributed by atoms with Crippen LogP contribution in [-0.4, -0.2) is 9.97 Å². The van der Waals surface area contributed by atoms with Crippen LogP contribution in [0.3, 0.4) is 0 Å². The molecular formula is C46H26Cl8CuN4. The van der Waals surface area contributed by atoms with Gasteiger partial charge in [0.05, 0.1) is 22.8 Å². The summed E-state index contributed by atoms with van der Waals surface area (Å²) in [6.07, 6.45) is 3.79. The summed E-state index contributed by atoms with van der Waals surface area (Å²) in [6.45, 7) is 4.24. The third kappa shape index (κ3) is 7.32. The molecular weight excluding hydrogens is 956 g/mol. The summed E-state index contributed by atoms with van der Waals surface area (Å²) in [6, 6.07) is 29.2. The third-order valence-electron chi connectivity index (χ3n) is 10.7. The standard InChI is InChI=1S/C46H26Cl8N4.Cu/c1-21-22(2)46-44(40-29(53)13-6-14-30(40)54)36-20-18-34(57-36)42(38-25(49)9-4-10-26(38)50)32-16-15-31(55-32)41(37-23(47)7-3-8-24(37)48)33-17-19-35(56-33)43(45(21)58-46)39-27(51)11-5-12-28(39)52;/h3-22H,1-2H3;/q-2;+2. The Labute approximate surface area is 390 Å². The van der Waals surface area contributed by atoms with E-state index in [4.69, 9.17) is 113 Å². The predicted octanol–water partition coefficient (Wildman–Crippen LogP) is 16.5. The molecule has 0 fully saturated rings. The number of halogens is 8. The van der Waals surface area contributed by atoms with Gasteiger partial charge in [-0.1, -0.05) is 155 Å². The number of fused-ring (bicyclic) bond motifs is 8. The minimum absolute atomic E-state index is 0. The summed E-state index contributed by atoms with van der Waals surface area (Å²) in [5.41, 5.74) is 9.75. The molecule has 9 rings (SSSR count). The van der Waals surface area contributed by atoms with Crippen LogP contribution >= 0.6 is 92.8 Å². The summed E-state index contributed by atoms with van der Waals surface area (Å²) in [5.74, 6) is -0.327. The van der Waals surface area contributed by atoms with Gasteiger partial charge in [0, 0.05) is 74.3 Å². The van der Waals surface area contributed by atoms with Crippen molar-refractivity contribution in [3.63, 3.8) is 0 Å². The van der Waals surface area contributed by atoms with E-state index in [0.29, 0.717) is 118 Å². The molecule has 0 amide bonds. The fraction of sp³-hybridized carbons (Fsp3) is 0.0870. The Morgan fingerprint density at radius 1 is 0.356 bits per heavy atom. The van der Waals surface area contributed by atoms with Gasteiger partial charge >= 0.3 is 17.1 Å². The van der Waals surface area contributed by atoms with E-state index in [-0.39, 0.29) is 28.9 Å². The van der Waals surface area contributed by atoms with E-state index < -0.39 is 0 Å². The molecule has 4 aromatic carbocycles. The minimum atomic E-state index is -0.164. The van der Waals surface area contributed by atoms with Crippen LogP contribution < -0.4 is 9.97 Å². The molecule has 7 aromatic rings. The van der Waals surface area contributed by atoms with Crippen LogP contribution in [0.25, 0.3) is 78.7 Å². The van der Waals surface area contributed by atoms with Crippen LogP contribution in [0.1, 0.15) is 48.5 Å². The van der Waals surface area contributed by atoms with Crippen LogP contribution in [0, 0.1) is 0 Å². The normalized spacial score (nSPS) is 14.7. The average molecular weight is 982 g/mol. The molecule has 3 aromatic heterocycles. The van der Waals surface area contributed by atoms with Crippen molar-refractivity contribution in [3.8, 4) is 44.5 Å². The fourth-order valence-corrected chi connectivity index (χ4v) is 10.1. The zero-order valence-corrected chi connectivity index (χ0v) is 37.7. The molecule has 0 saturated carbocycles. The molecule has 0 saturated heterocycles.